The van der Waals surface area contributed by atoms with Crippen molar-refractivity contribution in [1.82, 2.24) is 10.2 Å². The van der Waals surface area contributed by atoms with Crippen LogP contribution in [0, 0.1) is 5.92 Å². The highest BCUT2D eigenvalue weighted by molar-refractivity contribution is 5.94. The van der Waals surface area contributed by atoms with Gasteiger partial charge in [-0.3, -0.25) is 14.5 Å². The molecule has 25 heavy (non-hydrogen) atoms. The smallest absolute Gasteiger partial charge is 0.257 e. The van der Waals surface area contributed by atoms with E-state index in [-0.39, 0.29) is 24.3 Å². The first-order valence-corrected chi connectivity index (χ1v) is 8.79. The number of hydrogen-bond acceptors (Lipinski definition) is 5. The van der Waals surface area contributed by atoms with Gasteiger partial charge < -0.3 is 14.8 Å². The van der Waals surface area contributed by atoms with E-state index in [1.807, 2.05) is 0 Å². The van der Waals surface area contributed by atoms with Gasteiger partial charge in [0.2, 0.25) is 0 Å². The molecule has 2 rings (SSSR count). The molecule has 0 aromatic heterocycles. The minimum atomic E-state index is -0.160. The second kappa shape index (κ2) is 9.53. The Hall–Kier alpha value is -1.92. The van der Waals surface area contributed by atoms with Crippen LogP contribution in [-0.4, -0.2) is 62.1 Å². The van der Waals surface area contributed by atoms with Gasteiger partial charge in [0.15, 0.2) is 12.4 Å². The molecular weight excluding hydrogens is 320 g/mol. The highest BCUT2D eigenvalue weighted by atomic mass is 16.5. The third-order valence-corrected chi connectivity index (χ3v) is 4.40. The molecule has 1 aliphatic heterocycles. The van der Waals surface area contributed by atoms with Crippen molar-refractivity contribution in [3.8, 4) is 5.75 Å². The Bertz CT molecular complexity index is 583. The van der Waals surface area contributed by atoms with Crippen LogP contribution in [0.2, 0.25) is 0 Å². The summed E-state index contributed by atoms with van der Waals surface area (Å²) >= 11 is 0. The number of benzene rings is 1. The Kier molecular flexibility index (Phi) is 7.40. The van der Waals surface area contributed by atoms with E-state index in [0.717, 1.165) is 26.3 Å². The van der Waals surface area contributed by atoms with Gasteiger partial charge in [-0.1, -0.05) is 26.0 Å². The number of ketones is 1. The van der Waals surface area contributed by atoms with Crippen molar-refractivity contribution in [2.45, 2.75) is 26.8 Å². The van der Waals surface area contributed by atoms with Crippen molar-refractivity contribution in [3.05, 3.63) is 29.8 Å². The van der Waals surface area contributed by atoms with E-state index in [1.165, 1.54) is 6.92 Å². The summed E-state index contributed by atoms with van der Waals surface area (Å²) in [4.78, 5) is 25.8. The second-order valence-corrected chi connectivity index (χ2v) is 6.64. The van der Waals surface area contributed by atoms with Crippen molar-refractivity contribution in [3.63, 3.8) is 0 Å². The van der Waals surface area contributed by atoms with Crippen molar-refractivity contribution in [1.29, 1.82) is 0 Å². The Labute approximate surface area is 149 Å². The fraction of sp³-hybridized carbons (Fsp3) is 0.579. The van der Waals surface area contributed by atoms with Crippen molar-refractivity contribution in [2.75, 3.05) is 39.5 Å². The van der Waals surface area contributed by atoms with Crippen LogP contribution in [0.15, 0.2) is 24.3 Å². The van der Waals surface area contributed by atoms with Gasteiger partial charge in [0.25, 0.3) is 5.91 Å². The van der Waals surface area contributed by atoms with E-state index in [2.05, 4.69) is 24.1 Å². The fourth-order valence-electron chi connectivity index (χ4n) is 2.92. The third-order valence-electron chi connectivity index (χ3n) is 4.40. The van der Waals surface area contributed by atoms with Gasteiger partial charge in [-0.2, -0.15) is 0 Å². The number of Topliss-reactive ketones (excluding diaryl/α,β-unsaturated/α-hetero) is 1. The van der Waals surface area contributed by atoms with Gasteiger partial charge in [0.05, 0.1) is 13.2 Å². The molecule has 0 radical (unpaired) electrons. The van der Waals surface area contributed by atoms with Crippen LogP contribution in [0.3, 0.4) is 0 Å². The van der Waals surface area contributed by atoms with Crippen LogP contribution < -0.4 is 10.1 Å². The van der Waals surface area contributed by atoms with Crippen LogP contribution in [-0.2, 0) is 9.53 Å². The van der Waals surface area contributed by atoms with Gasteiger partial charge in [-0.25, -0.2) is 0 Å². The van der Waals surface area contributed by atoms with E-state index in [0.29, 0.717) is 23.8 Å². The summed E-state index contributed by atoms with van der Waals surface area (Å²) in [6.45, 7) is 9.64. The Morgan fingerprint density at radius 3 is 2.64 bits per heavy atom. The number of amides is 1. The number of ether oxygens (including phenoxy) is 2. The Balaban J connectivity index is 1.80. The molecule has 0 saturated carbocycles. The monoisotopic (exact) mass is 348 g/mol. The predicted octanol–water partition coefficient (Wildman–Crippen LogP) is 1.74. The largest absolute Gasteiger partial charge is 0.484 e. The van der Waals surface area contributed by atoms with E-state index < -0.39 is 0 Å². The first-order chi connectivity index (χ1) is 12.0. The van der Waals surface area contributed by atoms with E-state index in [9.17, 15) is 9.59 Å². The molecule has 1 atom stereocenters. The number of nitrogens with one attached hydrogen (secondary N) is 1. The van der Waals surface area contributed by atoms with E-state index in [1.54, 1.807) is 24.3 Å². The zero-order valence-electron chi connectivity index (χ0n) is 15.3. The predicted molar refractivity (Wildman–Crippen MR) is 96.0 cm³/mol. The summed E-state index contributed by atoms with van der Waals surface area (Å²) in [7, 11) is 0. The topological polar surface area (TPSA) is 67.9 Å². The van der Waals surface area contributed by atoms with E-state index in [4.69, 9.17) is 9.47 Å². The normalized spacial score (nSPS) is 16.5. The maximum Gasteiger partial charge on any atom is 0.257 e. The standard InChI is InChI=1S/C19H28N2O4/c1-14(2)18(21-7-9-24-10-8-21)12-20-19(23)13-25-17-6-4-5-16(11-17)15(3)22/h4-6,11,14,18H,7-10,12-13H2,1-3H3,(H,20,23). The van der Waals surface area contributed by atoms with Crippen molar-refractivity contribution in [2.24, 2.45) is 5.92 Å². The number of carbonyl (C=O) groups excluding carboxylic acids is 2. The second-order valence-electron chi connectivity index (χ2n) is 6.64. The maximum atomic E-state index is 12.1. The molecule has 1 aromatic carbocycles. The zero-order chi connectivity index (χ0) is 18.2. The molecule has 0 bridgehead atoms. The molecule has 1 heterocycles. The molecule has 6 nitrogen and oxygen atoms in total. The SMILES string of the molecule is CC(=O)c1cccc(OCC(=O)NCC(C(C)C)N2CCOCC2)c1. The summed E-state index contributed by atoms with van der Waals surface area (Å²) in [5.74, 6) is 0.773. The van der Waals surface area contributed by atoms with Gasteiger partial charge >= 0.3 is 0 Å². The average Bonchev–Trinajstić information content (AvgIpc) is 2.61. The first kappa shape index (κ1) is 19.4. The molecule has 1 unspecified atom stereocenters. The Morgan fingerprint density at radius 1 is 1.28 bits per heavy atom. The van der Waals surface area contributed by atoms with Crippen molar-refractivity contribution >= 4 is 11.7 Å². The summed E-state index contributed by atoms with van der Waals surface area (Å²) in [5, 5.41) is 2.96. The lowest BCUT2D eigenvalue weighted by Crippen LogP contribution is -2.51. The molecule has 0 spiro atoms. The lowest BCUT2D eigenvalue weighted by molar-refractivity contribution is -0.123. The summed E-state index contributed by atoms with van der Waals surface area (Å²) in [5.41, 5.74) is 0.574. The summed E-state index contributed by atoms with van der Waals surface area (Å²) in [6.07, 6.45) is 0. The molecule has 1 aliphatic rings. The molecule has 1 fully saturated rings. The molecule has 1 N–H and O–H groups in total. The van der Waals surface area contributed by atoms with Gasteiger partial charge in [-0.05, 0) is 25.0 Å². The first-order valence-electron chi connectivity index (χ1n) is 8.79. The molecule has 1 aromatic rings. The van der Waals surface area contributed by atoms with Gasteiger partial charge in [0.1, 0.15) is 5.75 Å². The molecule has 0 aliphatic carbocycles. The minimum absolute atomic E-state index is 0.0276. The maximum absolute atomic E-state index is 12.1. The summed E-state index contributed by atoms with van der Waals surface area (Å²) in [6, 6.07) is 7.15. The van der Waals surface area contributed by atoms with Gasteiger partial charge in [-0.15, -0.1) is 0 Å². The molecule has 1 saturated heterocycles. The molecule has 6 heteroatoms. The van der Waals surface area contributed by atoms with Crippen molar-refractivity contribution < 1.29 is 19.1 Å². The number of carbonyl (C=O) groups is 2. The van der Waals surface area contributed by atoms with Crippen LogP contribution in [0.25, 0.3) is 0 Å². The Morgan fingerprint density at radius 2 is 2.00 bits per heavy atom. The molecule has 138 valence electrons. The highest BCUT2D eigenvalue weighted by Crippen LogP contribution is 2.14. The van der Waals surface area contributed by atoms with Crippen LogP contribution in [0.5, 0.6) is 5.75 Å². The summed E-state index contributed by atoms with van der Waals surface area (Å²) < 4.78 is 10.9. The zero-order valence-corrected chi connectivity index (χ0v) is 15.3. The van der Waals surface area contributed by atoms with Crippen LogP contribution in [0.1, 0.15) is 31.1 Å². The van der Waals surface area contributed by atoms with E-state index >= 15 is 0 Å². The minimum Gasteiger partial charge on any atom is -0.484 e. The number of nitrogens with zero attached hydrogens (tertiary/aromatic N) is 1. The third kappa shape index (κ3) is 6.14. The molecule has 1 amide bonds. The number of rotatable bonds is 8. The van der Waals surface area contributed by atoms with Crippen LogP contribution in [0.4, 0.5) is 0 Å². The fourth-order valence-corrected chi connectivity index (χ4v) is 2.92. The highest BCUT2D eigenvalue weighted by Gasteiger charge is 2.24. The van der Waals surface area contributed by atoms with Crippen LogP contribution >= 0.6 is 0 Å². The average molecular weight is 348 g/mol. The number of hydrogen-bond donors (Lipinski definition) is 1. The quantitative estimate of drug-likeness (QED) is 0.725. The molecular formula is C19H28N2O4. The lowest BCUT2D eigenvalue weighted by atomic mass is 10.0. The lowest BCUT2D eigenvalue weighted by Gasteiger charge is -2.36. The number of morpholine rings is 1. The van der Waals surface area contributed by atoms with Gasteiger partial charge in [0, 0.05) is 31.2 Å².